The van der Waals surface area contributed by atoms with Gasteiger partial charge in [0, 0.05) is 38.3 Å². The molecule has 2 fully saturated rings. The van der Waals surface area contributed by atoms with Crippen LogP contribution in [0, 0.1) is 5.92 Å². The second-order valence-electron chi connectivity index (χ2n) is 6.88. The maximum Gasteiger partial charge on any atom is 0.241 e. The van der Waals surface area contributed by atoms with Gasteiger partial charge in [-0.3, -0.25) is 20.0 Å². The Hall–Kier alpha value is -2.88. The van der Waals surface area contributed by atoms with Crippen LogP contribution in [0.5, 0.6) is 0 Å². The predicted octanol–water partition coefficient (Wildman–Crippen LogP) is 0.0909. The van der Waals surface area contributed by atoms with Crippen molar-refractivity contribution < 1.29 is 14.1 Å². The molecule has 2 aliphatic rings. The number of likely N-dealkylation sites (tertiary alicyclic amines) is 1. The van der Waals surface area contributed by atoms with E-state index in [0.29, 0.717) is 43.2 Å². The van der Waals surface area contributed by atoms with E-state index < -0.39 is 0 Å². The predicted molar refractivity (Wildman–Crippen MR) is 92.6 cm³/mol. The first-order valence-corrected chi connectivity index (χ1v) is 9.11. The van der Waals surface area contributed by atoms with Gasteiger partial charge in [0.1, 0.15) is 11.7 Å². The van der Waals surface area contributed by atoms with Crippen LogP contribution in [0.25, 0.3) is 11.5 Å². The van der Waals surface area contributed by atoms with E-state index in [4.69, 9.17) is 4.52 Å². The van der Waals surface area contributed by atoms with Crippen molar-refractivity contribution in [1.29, 1.82) is 0 Å². The average Bonchev–Trinajstić information content (AvgIpc) is 3.17. The summed E-state index contributed by atoms with van der Waals surface area (Å²) in [6.07, 6.45) is 8.20. The van der Waals surface area contributed by atoms with Gasteiger partial charge in [-0.1, -0.05) is 5.16 Å². The lowest BCUT2D eigenvalue weighted by Gasteiger charge is -2.35. The zero-order valence-electron chi connectivity index (χ0n) is 14.8. The standard InChI is InChI=1S/C17H21N7O3/c25-14-4-3-12(21-22-14)17(26)24-7-1-2-11(10-24)8-15-20-16(23-27-15)13-9-18-5-6-19-13/h5-6,9,11-12,21H,1-4,7-8,10H2,(H,22,25). The van der Waals surface area contributed by atoms with Gasteiger partial charge in [0.05, 0.1) is 6.20 Å². The van der Waals surface area contributed by atoms with E-state index in [9.17, 15) is 9.59 Å². The molecular weight excluding hydrogens is 350 g/mol. The highest BCUT2D eigenvalue weighted by atomic mass is 16.5. The number of rotatable bonds is 4. The number of nitrogens with zero attached hydrogens (tertiary/aromatic N) is 5. The monoisotopic (exact) mass is 371 g/mol. The largest absolute Gasteiger partial charge is 0.341 e. The number of carbonyl (C=O) groups is 2. The van der Waals surface area contributed by atoms with Gasteiger partial charge in [0.15, 0.2) is 0 Å². The minimum Gasteiger partial charge on any atom is -0.341 e. The molecule has 2 aromatic heterocycles. The lowest BCUT2D eigenvalue weighted by Crippen LogP contribution is -2.57. The first-order valence-electron chi connectivity index (χ1n) is 9.11. The summed E-state index contributed by atoms with van der Waals surface area (Å²) in [4.78, 5) is 38.4. The molecule has 10 nitrogen and oxygen atoms in total. The van der Waals surface area contributed by atoms with Gasteiger partial charge >= 0.3 is 0 Å². The Balaban J connectivity index is 1.35. The van der Waals surface area contributed by atoms with Gasteiger partial charge in [-0.2, -0.15) is 4.98 Å². The Kier molecular flexibility index (Phi) is 5.05. The summed E-state index contributed by atoms with van der Waals surface area (Å²) in [5, 5.41) is 3.97. The zero-order valence-corrected chi connectivity index (χ0v) is 14.8. The molecule has 0 spiro atoms. The zero-order chi connectivity index (χ0) is 18.6. The highest BCUT2D eigenvalue weighted by Gasteiger charge is 2.31. The van der Waals surface area contributed by atoms with E-state index in [2.05, 4.69) is 31.0 Å². The van der Waals surface area contributed by atoms with E-state index in [1.165, 1.54) is 0 Å². The van der Waals surface area contributed by atoms with Crippen LogP contribution in [0.3, 0.4) is 0 Å². The number of carbonyl (C=O) groups excluding carboxylic acids is 2. The molecule has 27 heavy (non-hydrogen) atoms. The maximum atomic E-state index is 12.7. The molecule has 2 amide bonds. The molecule has 2 saturated heterocycles. The molecule has 4 rings (SSSR count). The molecule has 0 aromatic carbocycles. The molecule has 0 radical (unpaired) electrons. The molecule has 2 aliphatic heterocycles. The summed E-state index contributed by atoms with van der Waals surface area (Å²) >= 11 is 0. The van der Waals surface area contributed by atoms with Crippen molar-refractivity contribution in [2.24, 2.45) is 5.92 Å². The fourth-order valence-corrected chi connectivity index (χ4v) is 3.52. The fourth-order valence-electron chi connectivity index (χ4n) is 3.52. The summed E-state index contributed by atoms with van der Waals surface area (Å²) < 4.78 is 5.35. The minimum absolute atomic E-state index is 0.0329. The third-order valence-electron chi connectivity index (χ3n) is 4.90. The van der Waals surface area contributed by atoms with Gasteiger partial charge < -0.3 is 9.42 Å². The van der Waals surface area contributed by atoms with Crippen molar-refractivity contribution in [3.05, 3.63) is 24.5 Å². The summed E-state index contributed by atoms with van der Waals surface area (Å²) in [5.41, 5.74) is 5.92. The lowest BCUT2D eigenvalue weighted by molar-refractivity contribution is -0.138. The number of nitrogens with one attached hydrogen (secondary N) is 2. The highest BCUT2D eigenvalue weighted by Crippen LogP contribution is 2.22. The first-order chi connectivity index (χ1) is 13.2. The Morgan fingerprint density at radius 2 is 2.26 bits per heavy atom. The second kappa shape index (κ2) is 7.78. The molecule has 0 aliphatic carbocycles. The number of hydrogen-bond acceptors (Lipinski definition) is 8. The van der Waals surface area contributed by atoms with Crippen LogP contribution >= 0.6 is 0 Å². The number of hydrazine groups is 1. The molecule has 2 N–H and O–H groups in total. The Morgan fingerprint density at radius 1 is 1.33 bits per heavy atom. The molecule has 2 aromatic rings. The minimum atomic E-state index is -0.354. The average molecular weight is 371 g/mol. The lowest BCUT2D eigenvalue weighted by atomic mass is 9.94. The Bertz CT molecular complexity index is 800. The highest BCUT2D eigenvalue weighted by molar-refractivity contribution is 5.85. The van der Waals surface area contributed by atoms with E-state index in [1.54, 1.807) is 18.6 Å². The quantitative estimate of drug-likeness (QED) is 0.774. The van der Waals surface area contributed by atoms with Crippen LogP contribution < -0.4 is 10.9 Å². The van der Waals surface area contributed by atoms with E-state index >= 15 is 0 Å². The van der Waals surface area contributed by atoms with Crippen molar-refractivity contribution in [3.8, 4) is 11.5 Å². The van der Waals surface area contributed by atoms with Gasteiger partial charge in [0.2, 0.25) is 23.5 Å². The molecule has 142 valence electrons. The summed E-state index contributed by atoms with van der Waals surface area (Å²) in [6, 6.07) is -0.354. The van der Waals surface area contributed by atoms with Crippen LogP contribution in [0.2, 0.25) is 0 Å². The van der Waals surface area contributed by atoms with E-state index in [-0.39, 0.29) is 23.8 Å². The third-order valence-corrected chi connectivity index (χ3v) is 4.90. The van der Waals surface area contributed by atoms with Crippen molar-refractivity contribution in [2.45, 2.75) is 38.1 Å². The van der Waals surface area contributed by atoms with E-state index in [1.807, 2.05) is 4.90 Å². The molecule has 0 saturated carbocycles. The van der Waals surface area contributed by atoms with Crippen LogP contribution in [0.1, 0.15) is 31.6 Å². The molecule has 2 unspecified atom stereocenters. The number of piperidine rings is 1. The third kappa shape index (κ3) is 4.11. The van der Waals surface area contributed by atoms with Crippen molar-refractivity contribution in [3.63, 3.8) is 0 Å². The SMILES string of the molecule is O=C1CCC(C(=O)N2CCCC(Cc3nc(-c4cnccn4)no3)C2)NN1. The number of amides is 2. The number of hydrogen-bond donors (Lipinski definition) is 2. The van der Waals surface area contributed by atoms with Crippen LogP contribution in [0.4, 0.5) is 0 Å². The fraction of sp³-hybridized carbons (Fsp3) is 0.529. The van der Waals surface area contributed by atoms with Crippen LogP contribution in [-0.4, -0.2) is 56.0 Å². The molecular formula is C17H21N7O3. The van der Waals surface area contributed by atoms with Gasteiger partial charge in [-0.15, -0.1) is 0 Å². The van der Waals surface area contributed by atoms with Crippen molar-refractivity contribution >= 4 is 11.8 Å². The number of aromatic nitrogens is 4. The maximum absolute atomic E-state index is 12.7. The van der Waals surface area contributed by atoms with Crippen molar-refractivity contribution in [1.82, 2.24) is 35.9 Å². The van der Waals surface area contributed by atoms with Crippen molar-refractivity contribution in [2.75, 3.05) is 13.1 Å². The topological polar surface area (TPSA) is 126 Å². The summed E-state index contributed by atoms with van der Waals surface area (Å²) in [6.45, 7) is 1.38. The van der Waals surface area contributed by atoms with Gasteiger partial charge in [0.25, 0.3) is 0 Å². The Morgan fingerprint density at radius 3 is 3.04 bits per heavy atom. The second-order valence-corrected chi connectivity index (χ2v) is 6.88. The Labute approximate surface area is 155 Å². The van der Waals surface area contributed by atoms with Crippen LogP contribution in [0.15, 0.2) is 23.1 Å². The van der Waals surface area contributed by atoms with Gasteiger partial charge in [-0.05, 0) is 25.2 Å². The summed E-state index contributed by atoms with van der Waals surface area (Å²) in [5.74, 6) is 1.18. The molecule has 0 bridgehead atoms. The van der Waals surface area contributed by atoms with Gasteiger partial charge in [-0.25, -0.2) is 10.4 Å². The first kappa shape index (κ1) is 17.5. The summed E-state index contributed by atoms with van der Waals surface area (Å²) in [7, 11) is 0. The smallest absolute Gasteiger partial charge is 0.241 e. The molecule has 4 heterocycles. The van der Waals surface area contributed by atoms with E-state index in [0.717, 1.165) is 19.4 Å². The van der Waals surface area contributed by atoms with Crippen LogP contribution in [-0.2, 0) is 16.0 Å². The molecule has 10 heteroatoms. The molecule has 2 atom stereocenters. The normalized spacial score (nSPS) is 23.1.